The van der Waals surface area contributed by atoms with Gasteiger partial charge in [0.05, 0.1) is 7.11 Å². The van der Waals surface area contributed by atoms with Crippen LogP contribution in [0.25, 0.3) is 0 Å². The number of fused-ring (bicyclic) bond motifs is 1. The van der Waals surface area contributed by atoms with Gasteiger partial charge in [0.2, 0.25) is 0 Å². The number of aryl methyl sites for hydroxylation is 1. The van der Waals surface area contributed by atoms with Gasteiger partial charge in [0.1, 0.15) is 18.2 Å². The van der Waals surface area contributed by atoms with E-state index in [4.69, 9.17) is 4.74 Å². The van der Waals surface area contributed by atoms with Crippen LogP contribution in [0.5, 0.6) is 0 Å². The zero-order valence-corrected chi connectivity index (χ0v) is 10.9. The van der Waals surface area contributed by atoms with Crippen molar-refractivity contribution >= 4 is 11.8 Å². The Balaban J connectivity index is 2.20. The van der Waals surface area contributed by atoms with Gasteiger partial charge in [-0.2, -0.15) is 0 Å². The van der Waals surface area contributed by atoms with Gasteiger partial charge < -0.3 is 10.1 Å². The molecule has 0 aromatic carbocycles. The lowest BCUT2D eigenvalue weighted by atomic mass is 10.1. The van der Waals surface area contributed by atoms with E-state index in [-0.39, 0.29) is 5.97 Å². The van der Waals surface area contributed by atoms with Crippen molar-refractivity contribution in [3.8, 4) is 0 Å². The van der Waals surface area contributed by atoms with Crippen LogP contribution in [0.15, 0.2) is 6.33 Å². The summed E-state index contributed by atoms with van der Waals surface area (Å²) in [4.78, 5) is 20.0. The SMILES string of the molecule is COC(=O)C(C)Nc1ncnc2c1CCCCC2. The maximum Gasteiger partial charge on any atom is 0.328 e. The van der Waals surface area contributed by atoms with Crippen LogP contribution in [0.4, 0.5) is 5.82 Å². The predicted molar refractivity (Wildman–Crippen MR) is 68.4 cm³/mol. The summed E-state index contributed by atoms with van der Waals surface area (Å²) < 4.78 is 4.71. The number of ether oxygens (including phenoxy) is 1. The van der Waals surface area contributed by atoms with Gasteiger partial charge in [0.15, 0.2) is 0 Å². The highest BCUT2D eigenvalue weighted by atomic mass is 16.5. The van der Waals surface area contributed by atoms with Crippen molar-refractivity contribution in [1.82, 2.24) is 9.97 Å². The van der Waals surface area contributed by atoms with E-state index in [1.165, 1.54) is 20.0 Å². The molecule has 1 aromatic heterocycles. The number of anilines is 1. The molecule has 0 saturated heterocycles. The summed E-state index contributed by atoms with van der Waals surface area (Å²) >= 11 is 0. The van der Waals surface area contributed by atoms with Crippen LogP contribution in [0, 0.1) is 0 Å². The summed E-state index contributed by atoms with van der Waals surface area (Å²) in [6.07, 6.45) is 7.10. The minimum absolute atomic E-state index is 0.281. The molecule has 1 N–H and O–H groups in total. The van der Waals surface area contributed by atoms with Gasteiger partial charge in [0.25, 0.3) is 0 Å². The highest BCUT2D eigenvalue weighted by Gasteiger charge is 2.18. The van der Waals surface area contributed by atoms with E-state index in [0.29, 0.717) is 0 Å². The minimum atomic E-state index is -0.391. The fraction of sp³-hybridized carbons (Fsp3) is 0.615. The zero-order valence-electron chi connectivity index (χ0n) is 10.9. The Kier molecular flexibility index (Phi) is 4.12. The van der Waals surface area contributed by atoms with Gasteiger partial charge in [0, 0.05) is 11.3 Å². The van der Waals surface area contributed by atoms with Crippen LogP contribution in [0.1, 0.15) is 37.4 Å². The second-order valence-electron chi connectivity index (χ2n) is 4.60. The van der Waals surface area contributed by atoms with Gasteiger partial charge in [-0.05, 0) is 32.6 Å². The van der Waals surface area contributed by atoms with Crippen molar-refractivity contribution in [2.45, 2.75) is 45.1 Å². The van der Waals surface area contributed by atoms with Crippen molar-refractivity contribution < 1.29 is 9.53 Å². The number of carbonyl (C=O) groups is 1. The molecule has 1 aromatic rings. The summed E-state index contributed by atoms with van der Waals surface area (Å²) in [5.41, 5.74) is 2.27. The molecule has 1 aliphatic rings. The van der Waals surface area contributed by atoms with Crippen LogP contribution < -0.4 is 5.32 Å². The molecule has 0 fully saturated rings. The number of rotatable bonds is 3. The molecule has 0 spiro atoms. The molecule has 0 radical (unpaired) electrons. The second-order valence-corrected chi connectivity index (χ2v) is 4.60. The molecule has 0 bridgehead atoms. The van der Waals surface area contributed by atoms with E-state index < -0.39 is 6.04 Å². The largest absolute Gasteiger partial charge is 0.467 e. The first-order valence-electron chi connectivity index (χ1n) is 6.39. The van der Waals surface area contributed by atoms with Crippen LogP contribution >= 0.6 is 0 Å². The Morgan fingerprint density at radius 3 is 2.89 bits per heavy atom. The Morgan fingerprint density at radius 2 is 2.11 bits per heavy atom. The van der Waals surface area contributed by atoms with E-state index >= 15 is 0 Å². The monoisotopic (exact) mass is 249 g/mol. The summed E-state index contributed by atoms with van der Waals surface area (Å²) in [5, 5.41) is 3.12. The first kappa shape index (κ1) is 12.8. The molecule has 0 saturated carbocycles. The van der Waals surface area contributed by atoms with E-state index in [0.717, 1.165) is 36.3 Å². The molecule has 5 heteroatoms. The molecule has 1 unspecified atom stereocenters. The fourth-order valence-corrected chi connectivity index (χ4v) is 2.26. The standard InChI is InChI=1S/C13H19N3O2/c1-9(13(17)18-2)16-12-10-6-4-3-5-7-11(10)14-8-15-12/h8-9H,3-7H2,1-2H3,(H,14,15,16). The predicted octanol–water partition coefficient (Wildman–Crippen LogP) is 1.72. The van der Waals surface area contributed by atoms with Gasteiger partial charge in [-0.15, -0.1) is 0 Å². The number of esters is 1. The Labute approximate surface area is 107 Å². The highest BCUT2D eigenvalue weighted by molar-refractivity contribution is 5.78. The van der Waals surface area contributed by atoms with Crippen LogP contribution in [-0.4, -0.2) is 29.1 Å². The number of methoxy groups -OCH3 is 1. The summed E-state index contributed by atoms with van der Waals surface area (Å²) in [6, 6.07) is -0.391. The number of nitrogens with zero attached hydrogens (tertiary/aromatic N) is 2. The second kappa shape index (κ2) is 5.80. The normalized spacial score (nSPS) is 16.3. The first-order valence-corrected chi connectivity index (χ1v) is 6.39. The molecule has 0 amide bonds. The molecule has 18 heavy (non-hydrogen) atoms. The van der Waals surface area contributed by atoms with E-state index in [1.807, 2.05) is 0 Å². The third-order valence-electron chi connectivity index (χ3n) is 3.28. The molecule has 98 valence electrons. The summed E-state index contributed by atoms with van der Waals surface area (Å²) in [5.74, 6) is 0.496. The summed E-state index contributed by atoms with van der Waals surface area (Å²) in [6.45, 7) is 1.77. The quantitative estimate of drug-likeness (QED) is 0.652. The van der Waals surface area contributed by atoms with Crippen molar-refractivity contribution in [1.29, 1.82) is 0 Å². The number of aromatic nitrogens is 2. The Morgan fingerprint density at radius 1 is 1.33 bits per heavy atom. The van der Waals surface area contributed by atoms with E-state index in [1.54, 1.807) is 13.3 Å². The third kappa shape index (κ3) is 2.78. The van der Waals surface area contributed by atoms with Crippen molar-refractivity contribution in [3.63, 3.8) is 0 Å². The topological polar surface area (TPSA) is 64.1 Å². The smallest absolute Gasteiger partial charge is 0.328 e. The maximum absolute atomic E-state index is 11.4. The van der Waals surface area contributed by atoms with Gasteiger partial charge >= 0.3 is 5.97 Å². The average molecular weight is 249 g/mol. The van der Waals surface area contributed by atoms with E-state index in [9.17, 15) is 4.79 Å². The lowest BCUT2D eigenvalue weighted by molar-refractivity contribution is -0.141. The van der Waals surface area contributed by atoms with E-state index in [2.05, 4.69) is 15.3 Å². The molecule has 1 heterocycles. The molecular formula is C13H19N3O2. The lowest BCUT2D eigenvalue weighted by Gasteiger charge is -2.16. The van der Waals surface area contributed by atoms with Crippen molar-refractivity contribution in [3.05, 3.63) is 17.6 Å². The third-order valence-corrected chi connectivity index (χ3v) is 3.28. The number of nitrogens with one attached hydrogen (secondary N) is 1. The number of hydrogen-bond donors (Lipinski definition) is 1. The van der Waals surface area contributed by atoms with Gasteiger partial charge in [-0.25, -0.2) is 14.8 Å². The Bertz CT molecular complexity index is 434. The maximum atomic E-state index is 11.4. The van der Waals surface area contributed by atoms with Crippen molar-refractivity contribution in [2.75, 3.05) is 12.4 Å². The van der Waals surface area contributed by atoms with Crippen LogP contribution in [0.3, 0.4) is 0 Å². The zero-order chi connectivity index (χ0) is 13.0. The molecule has 0 aliphatic heterocycles. The van der Waals surface area contributed by atoms with Gasteiger partial charge in [-0.3, -0.25) is 0 Å². The first-order chi connectivity index (χ1) is 8.72. The molecule has 1 aliphatic carbocycles. The van der Waals surface area contributed by atoms with Crippen LogP contribution in [-0.2, 0) is 22.4 Å². The number of carbonyl (C=O) groups excluding carboxylic acids is 1. The molecule has 1 atom stereocenters. The molecule has 5 nitrogen and oxygen atoms in total. The van der Waals surface area contributed by atoms with Crippen LogP contribution in [0.2, 0.25) is 0 Å². The summed E-state index contributed by atoms with van der Waals surface area (Å²) in [7, 11) is 1.39. The minimum Gasteiger partial charge on any atom is -0.467 e. The lowest BCUT2D eigenvalue weighted by Crippen LogP contribution is -2.28. The molecule has 2 rings (SSSR count). The average Bonchev–Trinajstić information content (AvgIpc) is 2.63. The Hall–Kier alpha value is -1.65. The van der Waals surface area contributed by atoms with Crippen molar-refractivity contribution in [2.24, 2.45) is 0 Å². The van der Waals surface area contributed by atoms with Gasteiger partial charge in [-0.1, -0.05) is 6.42 Å². The highest BCUT2D eigenvalue weighted by Crippen LogP contribution is 2.24. The fourth-order valence-electron chi connectivity index (χ4n) is 2.26. The molecular weight excluding hydrogens is 230 g/mol. The number of hydrogen-bond acceptors (Lipinski definition) is 5.